The summed E-state index contributed by atoms with van der Waals surface area (Å²) in [5.74, 6) is 1.31. The van der Waals surface area contributed by atoms with Crippen molar-refractivity contribution in [1.82, 2.24) is 14.7 Å². The number of amides is 2. The van der Waals surface area contributed by atoms with Crippen molar-refractivity contribution in [3.05, 3.63) is 94.9 Å². The van der Waals surface area contributed by atoms with Crippen LogP contribution in [0.2, 0.25) is 0 Å². The molecule has 0 unspecified atom stereocenters. The van der Waals surface area contributed by atoms with Gasteiger partial charge in [-0.3, -0.25) is 14.5 Å². The van der Waals surface area contributed by atoms with E-state index in [2.05, 4.69) is 4.90 Å². The standard InChI is InChI=1S/C30H37N3O4/c1-24-9-12-27(13-10-24)30(35)32(16-6-15-31-17-19-36-20-18-31)23-29(34)33(21-26-7-4-3-5-8-26)22-28-14-11-25(2)37-28/h3-5,7-14H,6,15-23H2,1-2H3. The highest BCUT2D eigenvalue weighted by Crippen LogP contribution is 2.15. The van der Waals surface area contributed by atoms with Gasteiger partial charge in [0.05, 0.1) is 19.8 Å². The number of ether oxygens (including phenoxy) is 1. The van der Waals surface area contributed by atoms with Crippen molar-refractivity contribution >= 4 is 11.8 Å². The molecule has 1 saturated heterocycles. The van der Waals surface area contributed by atoms with E-state index in [9.17, 15) is 9.59 Å². The van der Waals surface area contributed by atoms with Crippen LogP contribution in [0.1, 0.15) is 39.4 Å². The summed E-state index contributed by atoms with van der Waals surface area (Å²) in [6, 6.07) is 21.2. The van der Waals surface area contributed by atoms with Gasteiger partial charge in [0.15, 0.2) is 0 Å². The maximum Gasteiger partial charge on any atom is 0.254 e. The van der Waals surface area contributed by atoms with Crippen LogP contribution in [0, 0.1) is 13.8 Å². The van der Waals surface area contributed by atoms with E-state index < -0.39 is 0 Å². The predicted octanol–water partition coefficient (Wildman–Crippen LogP) is 4.29. The molecular weight excluding hydrogens is 466 g/mol. The first-order valence-electron chi connectivity index (χ1n) is 13.0. The van der Waals surface area contributed by atoms with Gasteiger partial charge in [0.1, 0.15) is 18.1 Å². The van der Waals surface area contributed by atoms with Gasteiger partial charge in [-0.15, -0.1) is 0 Å². The predicted molar refractivity (Wildman–Crippen MR) is 143 cm³/mol. The van der Waals surface area contributed by atoms with Crippen molar-refractivity contribution in [2.75, 3.05) is 45.9 Å². The first-order valence-corrected chi connectivity index (χ1v) is 13.0. The Balaban J connectivity index is 1.49. The lowest BCUT2D eigenvalue weighted by molar-refractivity contribution is -0.133. The molecule has 37 heavy (non-hydrogen) atoms. The summed E-state index contributed by atoms with van der Waals surface area (Å²) in [5.41, 5.74) is 2.72. The van der Waals surface area contributed by atoms with E-state index in [0.29, 0.717) is 25.2 Å². The third kappa shape index (κ3) is 8.03. The third-order valence-electron chi connectivity index (χ3n) is 6.63. The zero-order chi connectivity index (χ0) is 26.0. The van der Waals surface area contributed by atoms with Gasteiger partial charge in [0, 0.05) is 38.3 Å². The van der Waals surface area contributed by atoms with Crippen LogP contribution in [0.25, 0.3) is 0 Å². The van der Waals surface area contributed by atoms with Crippen molar-refractivity contribution in [2.24, 2.45) is 0 Å². The van der Waals surface area contributed by atoms with Gasteiger partial charge in [-0.2, -0.15) is 0 Å². The maximum absolute atomic E-state index is 13.7. The Morgan fingerprint density at radius 2 is 1.59 bits per heavy atom. The number of furan rings is 1. The van der Waals surface area contributed by atoms with Gasteiger partial charge in [0.2, 0.25) is 5.91 Å². The van der Waals surface area contributed by atoms with Crippen molar-refractivity contribution in [1.29, 1.82) is 0 Å². The minimum Gasteiger partial charge on any atom is -0.464 e. The quantitative estimate of drug-likeness (QED) is 0.391. The lowest BCUT2D eigenvalue weighted by Crippen LogP contribution is -2.44. The van der Waals surface area contributed by atoms with Gasteiger partial charge >= 0.3 is 0 Å². The molecule has 0 atom stereocenters. The Kier molecular flexibility index (Phi) is 9.52. The highest BCUT2D eigenvalue weighted by atomic mass is 16.5. The van der Waals surface area contributed by atoms with E-state index in [0.717, 1.165) is 61.9 Å². The summed E-state index contributed by atoms with van der Waals surface area (Å²) < 4.78 is 11.2. The fourth-order valence-electron chi connectivity index (χ4n) is 4.50. The van der Waals surface area contributed by atoms with Crippen molar-refractivity contribution in [2.45, 2.75) is 33.4 Å². The second-order valence-corrected chi connectivity index (χ2v) is 9.65. The average Bonchev–Trinajstić information content (AvgIpc) is 3.33. The summed E-state index contributed by atoms with van der Waals surface area (Å²) in [6.45, 7) is 9.36. The molecule has 1 aromatic heterocycles. The maximum atomic E-state index is 13.7. The van der Waals surface area contributed by atoms with E-state index in [1.165, 1.54) is 0 Å². The van der Waals surface area contributed by atoms with Crippen LogP contribution in [0.15, 0.2) is 71.1 Å². The van der Waals surface area contributed by atoms with Gasteiger partial charge in [-0.1, -0.05) is 48.0 Å². The van der Waals surface area contributed by atoms with Crippen LogP contribution < -0.4 is 0 Å². The van der Waals surface area contributed by atoms with E-state index in [-0.39, 0.29) is 18.4 Å². The molecule has 7 nitrogen and oxygen atoms in total. The molecule has 2 heterocycles. The monoisotopic (exact) mass is 503 g/mol. The van der Waals surface area contributed by atoms with Gasteiger partial charge < -0.3 is 19.0 Å². The molecule has 1 aliphatic rings. The SMILES string of the molecule is Cc1ccc(C(=O)N(CCCN2CCOCC2)CC(=O)N(Cc2ccccc2)Cc2ccc(C)o2)cc1. The molecule has 0 bridgehead atoms. The van der Waals surface area contributed by atoms with E-state index in [4.69, 9.17) is 9.15 Å². The molecule has 2 amide bonds. The van der Waals surface area contributed by atoms with Gasteiger partial charge in [0.25, 0.3) is 5.91 Å². The zero-order valence-electron chi connectivity index (χ0n) is 21.9. The Bertz CT molecular complexity index is 1140. The number of carbonyl (C=O) groups is 2. The molecule has 1 aliphatic heterocycles. The molecule has 0 radical (unpaired) electrons. The molecule has 7 heteroatoms. The number of hydrogen-bond donors (Lipinski definition) is 0. The number of aryl methyl sites for hydroxylation is 2. The van der Waals surface area contributed by atoms with Gasteiger partial charge in [-0.25, -0.2) is 0 Å². The Morgan fingerprint density at radius 1 is 0.865 bits per heavy atom. The summed E-state index contributed by atoms with van der Waals surface area (Å²) in [6.07, 6.45) is 0.793. The number of nitrogens with zero attached hydrogens (tertiary/aromatic N) is 3. The van der Waals surface area contributed by atoms with Crippen molar-refractivity contribution in [3.63, 3.8) is 0 Å². The minimum absolute atomic E-state index is 0.0162. The normalized spacial score (nSPS) is 13.9. The topological polar surface area (TPSA) is 66.2 Å². The molecule has 196 valence electrons. The Hall–Kier alpha value is -3.42. The second-order valence-electron chi connectivity index (χ2n) is 9.65. The Labute approximate surface area is 219 Å². The molecule has 0 aliphatic carbocycles. The lowest BCUT2D eigenvalue weighted by Gasteiger charge is -2.30. The van der Waals surface area contributed by atoms with Crippen LogP contribution in [-0.4, -0.2) is 72.5 Å². The van der Waals surface area contributed by atoms with E-state index in [1.807, 2.05) is 80.6 Å². The van der Waals surface area contributed by atoms with Crippen LogP contribution >= 0.6 is 0 Å². The first-order chi connectivity index (χ1) is 18.0. The Morgan fingerprint density at radius 3 is 2.27 bits per heavy atom. The van der Waals surface area contributed by atoms with Gasteiger partial charge in [-0.05, 0) is 50.1 Å². The second kappa shape index (κ2) is 13.2. The summed E-state index contributed by atoms with van der Waals surface area (Å²) in [7, 11) is 0. The highest BCUT2D eigenvalue weighted by molar-refractivity contribution is 5.96. The van der Waals surface area contributed by atoms with Crippen LogP contribution in [-0.2, 0) is 22.6 Å². The molecule has 0 spiro atoms. The molecule has 4 rings (SSSR count). The first kappa shape index (κ1) is 26.6. The van der Waals surface area contributed by atoms with E-state index >= 15 is 0 Å². The molecule has 0 saturated carbocycles. The lowest BCUT2D eigenvalue weighted by atomic mass is 10.1. The van der Waals surface area contributed by atoms with E-state index in [1.54, 1.807) is 9.80 Å². The minimum atomic E-state index is -0.121. The molecule has 3 aromatic rings. The number of carbonyl (C=O) groups excluding carboxylic acids is 2. The number of hydrogen-bond acceptors (Lipinski definition) is 5. The average molecular weight is 504 g/mol. The fraction of sp³-hybridized carbons (Fsp3) is 0.400. The van der Waals surface area contributed by atoms with Crippen molar-refractivity contribution in [3.8, 4) is 0 Å². The van der Waals surface area contributed by atoms with Crippen LogP contribution in [0.3, 0.4) is 0 Å². The summed E-state index contributed by atoms with van der Waals surface area (Å²) >= 11 is 0. The van der Waals surface area contributed by atoms with Crippen LogP contribution in [0.4, 0.5) is 0 Å². The smallest absolute Gasteiger partial charge is 0.254 e. The number of rotatable bonds is 11. The fourth-order valence-corrected chi connectivity index (χ4v) is 4.50. The van der Waals surface area contributed by atoms with Crippen molar-refractivity contribution < 1.29 is 18.7 Å². The molecule has 0 N–H and O–H groups in total. The van der Waals surface area contributed by atoms with Crippen LogP contribution in [0.5, 0.6) is 0 Å². The molecule has 2 aromatic carbocycles. The molecular formula is C30H37N3O4. The molecule has 1 fully saturated rings. The highest BCUT2D eigenvalue weighted by Gasteiger charge is 2.24. The zero-order valence-corrected chi connectivity index (χ0v) is 21.9. The summed E-state index contributed by atoms with van der Waals surface area (Å²) in [5, 5.41) is 0. The largest absolute Gasteiger partial charge is 0.464 e. The number of benzene rings is 2. The summed E-state index contributed by atoms with van der Waals surface area (Å²) in [4.78, 5) is 33.0. The number of morpholine rings is 1. The third-order valence-corrected chi connectivity index (χ3v) is 6.63.